The van der Waals surface area contributed by atoms with Gasteiger partial charge in [0.25, 0.3) is 0 Å². The van der Waals surface area contributed by atoms with Gasteiger partial charge in [-0.3, -0.25) is 0 Å². The summed E-state index contributed by atoms with van der Waals surface area (Å²) in [5, 5.41) is 8.58. The van der Waals surface area contributed by atoms with Crippen LogP contribution in [0.2, 0.25) is 0 Å². The molecule has 1 atom stereocenters. The first-order valence-electron chi connectivity index (χ1n) is 14.0. The Hall–Kier alpha value is -5.37. The minimum absolute atomic E-state index is 0.281. The number of nitrogens with one attached hydrogen (secondary N) is 1. The van der Waals surface area contributed by atoms with E-state index in [9.17, 15) is 0 Å². The highest BCUT2D eigenvalue weighted by Crippen LogP contribution is 2.49. The summed E-state index contributed by atoms with van der Waals surface area (Å²) in [6.07, 6.45) is 0. The van der Waals surface area contributed by atoms with E-state index < -0.39 is 0 Å². The fraction of sp³-hybridized carbons (Fsp3) is 0.147. The molecule has 1 unspecified atom stereocenters. The minimum Gasteiger partial charge on any atom is -0.496 e. The quantitative estimate of drug-likeness (QED) is 0.237. The molecule has 2 aliphatic heterocycles. The number of nitrogens with zero attached hydrogens (tertiary/aromatic N) is 5. The predicted molar refractivity (Wildman–Crippen MR) is 167 cm³/mol. The van der Waals surface area contributed by atoms with Gasteiger partial charge >= 0.3 is 0 Å². The lowest BCUT2D eigenvalue weighted by molar-refractivity contribution is 0.342. The molecule has 0 fully saturated rings. The van der Waals surface area contributed by atoms with Gasteiger partial charge in [0.15, 0.2) is 17.5 Å². The number of fused-ring (bicyclic) bond motifs is 4. The molecule has 208 valence electrons. The van der Waals surface area contributed by atoms with Crippen molar-refractivity contribution in [2.45, 2.75) is 19.9 Å². The Labute approximate surface area is 244 Å². The van der Waals surface area contributed by atoms with Crippen molar-refractivity contribution in [2.24, 2.45) is 9.98 Å². The molecule has 0 aliphatic carbocycles. The number of rotatable bonds is 6. The molecule has 7 rings (SSSR count). The zero-order chi connectivity index (χ0) is 28.6. The van der Waals surface area contributed by atoms with Gasteiger partial charge in [-0.2, -0.15) is 5.10 Å². The molecular formula is C34H30N6O2. The van der Waals surface area contributed by atoms with Gasteiger partial charge in [0.1, 0.15) is 11.5 Å². The summed E-state index contributed by atoms with van der Waals surface area (Å²) < 4.78 is 13.8. The second kappa shape index (κ2) is 10.6. The highest BCUT2D eigenvalue weighted by molar-refractivity contribution is 6.51. The molecule has 1 N–H and O–H groups in total. The van der Waals surface area contributed by atoms with Gasteiger partial charge in [0.05, 0.1) is 48.2 Å². The van der Waals surface area contributed by atoms with Gasteiger partial charge in [-0.15, -0.1) is 0 Å². The number of amidine groups is 2. The Morgan fingerprint density at radius 3 is 2.33 bits per heavy atom. The largest absolute Gasteiger partial charge is 0.496 e. The van der Waals surface area contributed by atoms with E-state index in [1.165, 1.54) is 0 Å². The van der Waals surface area contributed by atoms with Crippen LogP contribution >= 0.6 is 0 Å². The lowest BCUT2D eigenvalue weighted by Crippen LogP contribution is -2.46. The molecular weight excluding hydrogens is 524 g/mol. The molecule has 1 aromatic heterocycles. The topological polar surface area (TPSA) is 76.3 Å². The van der Waals surface area contributed by atoms with Crippen molar-refractivity contribution < 1.29 is 9.47 Å². The summed E-state index contributed by atoms with van der Waals surface area (Å²) in [7, 11) is 1.71. The minimum atomic E-state index is -0.281. The standard InChI is InChI=1S/C34H30N6O2/c1-4-42-29-21-13-10-18-26(29)36-32-34-37-33-30(22(2)38-40(33)23-14-6-5-7-15-23)31(24-16-8-12-20-28(24)41-3)39(34)27-19-11-9-17-25(27)35-32/h5-21,31H,4H2,1-3H3,(H,35,36). The second-order valence-electron chi connectivity index (χ2n) is 10.0. The molecule has 2 aliphatic rings. The van der Waals surface area contributed by atoms with Crippen molar-refractivity contribution in [2.75, 3.05) is 23.9 Å². The van der Waals surface area contributed by atoms with Gasteiger partial charge in [-0.1, -0.05) is 60.7 Å². The highest BCUT2D eigenvalue weighted by atomic mass is 16.5. The number of aryl methyl sites for hydroxylation is 1. The van der Waals surface area contributed by atoms with Crippen molar-refractivity contribution in [3.05, 3.63) is 120 Å². The molecule has 42 heavy (non-hydrogen) atoms. The Bertz CT molecular complexity index is 1840. The summed E-state index contributed by atoms with van der Waals surface area (Å²) in [6.45, 7) is 4.57. The number of benzene rings is 4. The molecule has 5 aromatic rings. The maximum atomic E-state index is 5.94. The first-order valence-corrected chi connectivity index (χ1v) is 14.0. The maximum Gasteiger partial charge on any atom is 0.179 e. The normalized spacial score (nSPS) is 15.1. The Morgan fingerprint density at radius 2 is 1.52 bits per heavy atom. The molecule has 0 radical (unpaired) electrons. The van der Waals surface area contributed by atoms with Crippen LogP contribution in [0.1, 0.15) is 29.8 Å². The van der Waals surface area contributed by atoms with Crippen LogP contribution in [0, 0.1) is 6.92 Å². The monoisotopic (exact) mass is 554 g/mol. The average molecular weight is 555 g/mol. The fourth-order valence-electron chi connectivity index (χ4n) is 5.71. The summed E-state index contributed by atoms with van der Waals surface area (Å²) in [6, 6.07) is 34.0. The van der Waals surface area contributed by atoms with E-state index >= 15 is 0 Å². The predicted octanol–water partition coefficient (Wildman–Crippen LogP) is 7.38. The third kappa shape index (κ3) is 4.19. The number of methoxy groups -OCH3 is 1. The van der Waals surface area contributed by atoms with Crippen LogP contribution in [-0.2, 0) is 0 Å². The van der Waals surface area contributed by atoms with Crippen LogP contribution in [0.15, 0.2) is 113 Å². The fourth-order valence-corrected chi connectivity index (χ4v) is 5.71. The first kappa shape index (κ1) is 25.6. The van der Waals surface area contributed by atoms with E-state index in [1.807, 2.05) is 110 Å². The third-order valence-electron chi connectivity index (χ3n) is 7.51. The average Bonchev–Trinajstić information content (AvgIpc) is 3.37. The first-order chi connectivity index (χ1) is 20.7. The van der Waals surface area contributed by atoms with Crippen molar-refractivity contribution in [1.82, 2.24) is 9.78 Å². The highest BCUT2D eigenvalue weighted by Gasteiger charge is 2.42. The maximum absolute atomic E-state index is 5.94. The van der Waals surface area contributed by atoms with Crippen molar-refractivity contribution in [3.8, 4) is 17.2 Å². The summed E-state index contributed by atoms with van der Waals surface area (Å²) in [5.41, 5.74) is 6.45. The molecule has 0 bridgehead atoms. The molecule has 0 saturated carbocycles. The third-order valence-corrected chi connectivity index (χ3v) is 7.51. The van der Waals surface area contributed by atoms with Gasteiger partial charge in [0, 0.05) is 11.1 Å². The van der Waals surface area contributed by atoms with E-state index in [0.29, 0.717) is 18.3 Å². The van der Waals surface area contributed by atoms with Gasteiger partial charge in [-0.25, -0.2) is 14.7 Å². The van der Waals surface area contributed by atoms with Crippen LogP contribution < -0.4 is 19.7 Å². The smallest absolute Gasteiger partial charge is 0.179 e. The lowest BCUT2D eigenvalue weighted by atomic mass is 9.92. The molecule has 0 amide bonds. The number of aromatic nitrogens is 2. The Morgan fingerprint density at radius 1 is 0.810 bits per heavy atom. The second-order valence-corrected chi connectivity index (χ2v) is 10.0. The zero-order valence-corrected chi connectivity index (χ0v) is 23.7. The number of para-hydroxylation sites is 6. The number of hydrogen-bond acceptors (Lipinski definition) is 7. The SMILES string of the molecule is CCOc1ccccc1NC1=Nc2ccccc2N2C1=Nc1c(c(C)nn1-c1ccccc1)C2c1ccccc1OC. The zero-order valence-electron chi connectivity index (χ0n) is 23.7. The molecule has 8 heteroatoms. The van der Waals surface area contributed by atoms with E-state index in [-0.39, 0.29) is 6.04 Å². The van der Waals surface area contributed by atoms with Gasteiger partial charge in [0.2, 0.25) is 0 Å². The van der Waals surface area contributed by atoms with Crippen molar-refractivity contribution >= 4 is 34.6 Å². The molecule has 8 nitrogen and oxygen atoms in total. The number of anilines is 2. The number of aliphatic imine (C=N–C) groups is 2. The van der Waals surface area contributed by atoms with Crippen LogP contribution in [0.3, 0.4) is 0 Å². The molecule has 3 heterocycles. The van der Waals surface area contributed by atoms with E-state index in [4.69, 9.17) is 24.6 Å². The molecule has 0 saturated heterocycles. The lowest BCUT2D eigenvalue weighted by Gasteiger charge is -2.41. The van der Waals surface area contributed by atoms with Crippen LogP contribution in [0.4, 0.5) is 22.9 Å². The van der Waals surface area contributed by atoms with E-state index in [2.05, 4.69) is 22.3 Å². The van der Waals surface area contributed by atoms with Crippen LogP contribution in [0.25, 0.3) is 5.69 Å². The number of ether oxygens (including phenoxy) is 2. The molecule has 0 spiro atoms. The van der Waals surface area contributed by atoms with Crippen molar-refractivity contribution in [1.29, 1.82) is 0 Å². The Balaban J connectivity index is 1.50. The number of hydrogen-bond donors (Lipinski definition) is 1. The summed E-state index contributed by atoms with van der Waals surface area (Å²) in [4.78, 5) is 12.7. The summed E-state index contributed by atoms with van der Waals surface area (Å²) in [5.74, 6) is 3.59. The van der Waals surface area contributed by atoms with E-state index in [1.54, 1.807) is 7.11 Å². The van der Waals surface area contributed by atoms with Crippen molar-refractivity contribution in [3.63, 3.8) is 0 Å². The Kier molecular flexibility index (Phi) is 6.43. The van der Waals surface area contributed by atoms with E-state index in [0.717, 1.165) is 56.9 Å². The van der Waals surface area contributed by atoms with Gasteiger partial charge < -0.3 is 19.7 Å². The summed E-state index contributed by atoms with van der Waals surface area (Å²) >= 11 is 0. The van der Waals surface area contributed by atoms with Crippen LogP contribution in [-0.4, -0.2) is 35.2 Å². The molecule has 4 aromatic carbocycles. The van der Waals surface area contributed by atoms with Crippen LogP contribution in [0.5, 0.6) is 11.5 Å². The van der Waals surface area contributed by atoms with Gasteiger partial charge in [-0.05, 0) is 56.3 Å².